The summed E-state index contributed by atoms with van der Waals surface area (Å²) in [6, 6.07) is 36.6. The molecule has 1 N–H and O–H groups in total. The van der Waals surface area contributed by atoms with Crippen molar-refractivity contribution in [3.05, 3.63) is 143 Å². The monoisotopic (exact) mass is 794 g/mol. The number of carbonyl (C=O) groups excluding carboxylic acids is 1. The lowest BCUT2D eigenvalue weighted by molar-refractivity contribution is -0.157. The quantitative estimate of drug-likeness (QED) is 0.0832. The number of aliphatic imine (C=N–C) groups is 1. The van der Waals surface area contributed by atoms with Gasteiger partial charge in [0.05, 0.1) is 37.6 Å². The van der Waals surface area contributed by atoms with Gasteiger partial charge in [0, 0.05) is 25.3 Å². The summed E-state index contributed by atoms with van der Waals surface area (Å²) < 4.78 is 33.5. The van der Waals surface area contributed by atoms with Gasteiger partial charge in [0.25, 0.3) is 0 Å². The summed E-state index contributed by atoms with van der Waals surface area (Å²) in [6.45, 7) is 8.33. The van der Waals surface area contributed by atoms with Gasteiger partial charge >= 0.3 is 27.0 Å². The Bertz CT molecular complexity index is 2080. The van der Waals surface area contributed by atoms with Gasteiger partial charge in [-0.05, 0) is 73.4 Å². The second kappa shape index (κ2) is 17.3. The van der Waals surface area contributed by atoms with Gasteiger partial charge in [0.1, 0.15) is 18.0 Å². The van der Waals surface area contributed by atoms with Crippen LogP contribution in [0.1, 0.15) is 66.0 Å². The van der Waals surface area contributed by atoms with Crippen LogP contribution in [-0.2, 0) is 49.5 Å². The lowest BCUT2D eigenvalue weighted by atomic mass is 9.61. The molecule has 0 aliphatic carbocycles. The highest BCUT2D eigenvalue weighted by Crippen LogP contribution is 2.41. The number of rotatable bonds is 16. The molecule has 5 atom stereocenters. The molecule has 0 radical (unpaired) electrons. The van der Waals surface area contributed by atoms with E-state index >= 15 is 4.79 Å². The Kier molecular flexibility index (Phi) is 11.7. The average Bonchev–Trinajstić information content (AvgIpc) is 4.19. The van der Waals surface area contributed by atoms with Gasteiger partial charge in [-0.1, -0.05) is 110 Å². The highest BCUT2D eigenvalue weighted by molar-refractivity contribution is 6.78. The second-order valence-corrected chi connectivity index (χ2v) is 17.0. The van der Waals surface area contributed by atoms with Crippen molar-refractivity contribution in [1.82, 2.24) is 14.5 Å². The summed E-state index contributed by atoms with van der Waals surface area (Å²) in [5.74, 6) is -0.483. The first kappa shape index (κ1) is 40.0. The molecular weight excluding hydrogens is 741 g/mol. The van der Waals surface area contributed by atoms with Crippen molar-refractivity contribution in [3.63, 3.8) is 0 Å². The molecule has 0 bridgehead atoms. The highest BCUT2D eigenvalue weighted by atomic mass is 16.8. The number of ether oxygens (including phenoxy) is 3. The standard InChI is InChI=1S/C45H53B3N4O7/c1-45(2)58-40-38(26-32-15-7-4-8-16-32)50(23-13-14-24-55-29-34-19-11-6-12-20-34)44(53)51(39(41(40)59-45)27-33-17-9-5-10-18-33)28-35-21-22-36-37(25-35)43(49-42(36)46(3)54)52(47-30-56-47)48-31-57-48/h4-12,15-22,25,38-42,54H,13-14,23-24,26-31H2,1-3H3/t38-,39-,40+,41+,42?/m1/s1. The van der Waals surface area contributed by atoms with Crippen molar-refractivity contribution >= 4 is 32.9 Å². The second-order valence-electron chi connectivity index (χ2n) is 17.0. The zero-order valence-corrected chi connectivity index (χ0v) is 34.3. The van der Waals surface area contributed by atoms with Gasteiger partial charge < -0.3 is 43.1 Å². The summed E-state index contributed by atoms with van der Waals surface area (Å²) in [5.41, 5.74) is 6.28. The molecule has 0 aromatic heterocycles. The number of carbonyl (C=O) groups is 1. The minimum atomic E-state index is -0.851. The van der Waals surface area contributed by atoms with Crippen molar-refractivity contribution in [3.8, 4) is 0 Å². The number of hydrogen-bond acceptors (Lipinski definition) is 9. The number of urea groups is 1. The highest BCUT2D eigenvalue weighted by Gasteiger charge is 2.56. The summed E-state index contributed by atoms with van der Waals surface area (Å²) >= 11 is 0. The molecule has 4 aromatic carbocycles. The maximum Gasteiger partial charge on any atom is 0.430 e. The molecule has 4 fully saturated rings. The van der Waals surface area contributed by atoms with E-state index in [1.54, 1.807) is 6.82 Å². The van der Waals surface area contributed by atoms with E-state index in [1.165, 1.54) is 0 Å². The number of amidine groups is 1. The summed E-state index contributed by atoms with van der Waals surface area (Å²) in [6.07, 6.45) is 2.03. The first-order valence-electron chi connectivity index (χ1n) is 21.3. The first-order valence-corrected chi connectivity index (χ1v) is 21.3. The normalized spacial score (nSPS) is 24.1. The van der Waals surface area contributed by atoms with E-state index < -0.39 is 24.7 Å². The van der Waals surface area contributed by atoms with Gasteiger partial charge in [0.2, 0.25) is 0 Å². The van der Waals surface area contributed by atoms with Gasteiger partial charge in [-0.2, -0.15) is 0 Å². The topological polar surface area (TPSA) is 112 Å². The Morgan fingerprint density at radius 2 is 1.36 bits per heavy atom. The third-order valence-corrected chi connectivity index (χ3v) is 12.1. The van der Waals surface area contributed by atoms with Crippen molar-refractivity contribution in [2.24, 2.45) is 4.99 Å². The van der Waals surface area contributed by atoms with Crippen LogP contribution in [0, 0.1) is 0 Å². The van der Waals surface area contributed by atoms with E-state index in [0.29, 0.717) is 52.2 Å². The van der Waals surface area contributed by atoms with Crippen LogP contribution in [0.3, 0.4) is 0 Å². The molecule has 4 saturated heterocycles. The van der Waals surface area contributed by atoms with E-state index in [9.17, 15) is 5.02 Å². The molecule has 2 amide bonds. The van der Waals surface area contributed by atoms with Crippen molar-refractivity contribution in [2.75, 3.05) is 26.2 Å². The lowest BCUT2D eigenvalue weighted by Gasteiger charge is -2.37. The van der Waals surface area contributed by atoms with Crippen LogP contribution in [0.15, 0.2) is 114 Å². The molecule has 0 spiro atoms. The fourth-order valence-electron chi connectivity index (χ4n) is 9.14. The summed E-state index contributed by atoms with van der Waals surface area (Å²) in [4.78, 5) is 24.8. The fourth-order valence-corrected chi connectivity index (χ4v) is 9.14. The molecule has 5 aliphatic heterocycles. The molecule has 0 saturated carbocycles. The van der Waals surface area contributed by atoms with Gasteiger partial charge in [-0.25, -0.2) is 4.79 Å². The Labute approximate surface area is 349 Å². The van der Waals surface area contributed by atoms with E-state index in [2.05, 4.69) is 88.5 Å². The molecule has 4 aromatic rings. The van der Waals surface area contributed by atoms with Crippen molar-refractivity contribution in [1.29, 1.82) is 0 Å². The molecule has 59 heavy (non-hydrogen) atoms. The predicted octanol–water partition coefficient (Wildman–Crippen LogP) is 6.04. The summed E-state index contributed by atoms with van der Waals surface area (Å²) in [5, 5.41) is 10.9. The molecule has 1 unspecified atom stereocenters. The van der Waals surface area contributed by atoms with Gasteiger partial charge in [-0.3, -0.25) is 4.99 Å². The van der Waals surface area contributed by atoms with E-state index in [0.717, 1.165) is 52.1 Å². The molecule has 5 aliphatic rings. The molecule has 304 valence electrons. The van der Waals surface area contributed by atoms with E-state index in [-0.39, 0.29) is 38.3 Å². The molecule has 11 nitrogen and oxygen atoms in total. The van der Waals surface area contributed by atoms with Crippen molar-refractivity contribution in [2.45, 2.75) is 95.5 Å². The zero-order chi connectivity index (χ0) is 40.5. The van der Waals surface area contributed by atoms with E-state index in [1.807, 2.05) is 49.1 Å². The molecular formula is C45H53B3N4O7. The maximum atomic E-state index is 15.6. The number of nitrogens with zero attached hydrogens (tertiary/aromatic N) is 4. The Morgan fingerprint density at radius 1 is 0.797 bits per heavy atom. The minimum Gasteiger partial charge on any atom is -0.449 e. The Morgan fingerprint density at radius 3 is 1.92 bits per heavy atom. The number of fused-ring (bicyclic) bond motifs is 2. The zero-order valence-electron chi connectivity index (χ0n) is 34.3. The third kappa shape index (κ3) is 9.04. The van der Waals surface area contributed by atoms with Crippen LogP contribution in [0.2, 0.25) is 6.82 Å². The van der Waals surface area contributed by atoms with Gasteiger partial charge in [-0.15, -0.1) is 0 Å². The molecule has 9 rings (SSSR count). The van der Waals surface area contributed by atoms with Crippen LogP contribution < -0.4 is 0 Å². The lowest BCUT2D eigenvalue weighted by Crippen LogP contribution is -2.52. The van der Waals surface area contributed by atoms with E-state index in [4.69, 9.17) is 28.5 Å². The smallest absolute Gasteiger partial charge is 0.430 e. The predicted molar refractivity (Wildman–Crippen MR) is 229 cm³/mol. The minimum absolute atomic E-state index is 0.0351. The number of benzene rings is 4. The van der Waals surface area contributed by atoms with Crippen LogP contribution in [0.4, 0.5) is 4.79 Å². The fraction of sp³-hybridized carbons (Fsp3) is 0.422. The SMILES string of the molecule is CB(O)C1N=C(N(B2CO2)B2CO2)c2cc(CN3C(=O)N(CCCCOCc4ccccc4)[C@H](Cc4ccccc4)[C@@H]4OC(C)(C)O[C@H]4[C@H]3Cc3ccccc3)ccc21. The van der Waals surface area contributed by atoms with Crippen LogP contribution in [0.25, 0.3) is 0 Å². The maximum absolute atomic E-state index is 15.6. The Hall–Kier alpha value is -4.43. The Balaban J connectivity index is 1.06. The average molecular weight is 794 g/mol. The van der Waals surface area contributed by atoms with Gasteiger partial charge in [0.15, 0.2) is 5.79 Å². The van der Waals surface area contributed by atoms with Crippen LogP contribution in [0.5, 0.6) is 0 Å². The molecule has 14 heteroatoms. The summed E-state index contributed by atoms with van der Waals surface area (Å²) in [7, 11) is -0.210. The number of hydrogen-bond donors (Lipinski definition) is 1. The first-order chi connectivity index (χ1) is 28.7. The number of amides is 2. The van der Waals surface area contributed by atoms with Crippen LogP contribution >= 0.6 is 0 Å². The van der Waals surface area contributed by atoms with Crippen LogP contribution in [-0.4, -0.2) is 109 Å². The largest absolute Gasteiger partial charge is 0.449 e. The van der Waals surface area contributed by atoms with Crippen molar-refractivity contribution < 1.29 is 33.3 Å². The third-order valence-electron chi connectivity index (χ3n) is 12.1. The molecule has 5 heterocycles. The number of unbranched alkanes of at least 4 members (excludes halogenated alkanes) is 1.